The Morgan fingerprint density at radius 3 is 2.11 bits per heavy atom. The highest BCUT2D eigenvalue weighted by Gasteiger charge is 2.30. The molecule has 1 unspecified atom stereocenters. The van der Waals surface area contributed by atoms with Crippen molar-refractivity contribution >= 4 is 11.9 Å². The zero-order valence-corrected chi connectivity index (χ0v) is 15.5. The maximum absolute atomic E-state index is 12.1. The molecular formula is C21H22N2O4. The number of phenolic OH excluding ortho intramolecular Hbond substituents is 1. The van der Waals surface area contributed by atoms with E-state index in [1.165, 1.54) is 0 Å². The molecule has 2 aromatic carbocycles. The van der Waals surface area contributed by atoms with Gasteiger partial charge in [-0.25, -0.2) is 4.79 Å². The van der Waals surface area contributed by atoms with Crippen molar-refractivity contribution in [3.8, 4) is 22.9 Å². The lowest BCUT2D eigenvalue weighted by Gasteiger charge is -2.27. The second-order valence-corrected chi connectivity index (χ2v) is 6.72. The predicted octanol–water partition coefficient (Wildman–Crippen LogP) is 3.27. The van der Waals surface area contributed by atoms with Crippen LogP contribution in [0.15, 0.2) is 48.5 Å². The van der Waals surface area contributed by atoms with Gasteiger partial charge in [-0.2, -0.15) is 5.26 Å². The summed E-state index contributed by atoms with van der Waals surface area (Å²) >= 11 is 0. The molecule has 0 saturated carbocycles. The molecule has 2 aromatic rings. The van der Waals surface area contributed by atoms with Gasteiger partial charge in [0.25, 0.3) is 5.91 Å². The molecule has 0 fully saturated rings. The number of ether oxygens (including phenoxy) is 1. The van der Waals surface area contributed by atoms with Crippen LogP contribution >= 0.6 is 0 Å². The Hall–Kier alpha value is -3.33. The van der Waals surface area contributed by atoms with Crippen LogP contribution < -0.4 is 5.32 Å². The summed E-state index contributed by atoms with van der Waals surface area (Å²) < 4.78 is 5.03. The van der Waals surface area contributed by atoms with Crippen LogP contribution in [0.1, 0.15) is 31.1 Å². The molecule has 2 rings (SSSR count). The summed E-state index contributed by atoms with van der Waals surface area (Å²) in [4.78, 5) is 24.1. The fraction of sp³-hybridized carbons (Fsp3) is 0.286. The van der Waals surface area contributed by atoms with Gasteiger partial charge in [-0.3, -0.25) is 4.79 Å². The van der Waals surface area contributed by atoms with E-state index in [-0.39, 0.29) is 11.7 Å². The molecule has 27 heavy (non-hydrogen) atoms. The SMILES string of the molecule is CC(C)C(C)(C#N)NC(=O)COC(=O)c1ccc(-c2ccc(O)cc2)cc1. The van der Waals surface area contributed by atoms with Crippen molar-refractivity contribution in [2.75, 3.05) is 6.61 Å². The molecule has 0 heterocycles. The highest BCUT2D eigenvalue weighted by Crippen LogP contribution is 2.22. The van der Waals surface area contributed by atoms with E-state index in [2.05, 4.69) is 11.4 Å². The molecule has 0 radical (unpaired) electrons. The van der Waals surface area contributed by atoms with Crippen molar-refractivity contribution in [2.45, 2.75) is 26.3 Å². The van der Waals surface area contributed by atoms with Gasteiger partial charge in [0.15, 0.2) is 6.61 Å². The smallest absolute Gasteiger partial charge is 0.338 e. The van der Waals surface area contributed by atoms with E-state index in [0.717, 1.165) is 11.1 Å². The number of hydrogen-bond donors (Lipinski definition) is 2. The number of hydrogen-bond acceptors (Lipinski definition) is 5. The van der Waals surface area contributed by atoms with Crippen molar-refractivity contribution in [3.05, 3.63) is 54.1 Å². The molecular weight excluding hydrogens is 344 g/mol. The lowest BCUT2D eigenvalue weighted by atomic mass is 9.90. The number of benzene rings is 2. The van der Waals surface area contributed by atoms with Gasteiger partial charge in [0.2, 0.25) is 0 Å². The van der Waals surface area contributed by atoms with Gasteiger partial charge < -0.3 is 15.2 Å². The quantitative estimate of drug-likeness (QED) is 0.765. The van der Waals surface area contributed by atoms with E-state index in [1.807, 2.05) is 13.8 Å². The summed E-state index contributed by atoms with van der Waals surface area (Å²) in [5.74, 6) is -1.05. The molecule has 0 aliphatic heterocycles. The van der Waals surface area contributed by atoms with Gasteiger partial charge >= 0.3 is 5.97 Å². The Morgan fingerprint density at radius 2 is 1.63 bits per heavy atom. The van der Waals surface area contributed by atoms with Crippen LogP contribution in [0.2, 0.25) is 0 Å². The van der Waals surface area contributed by atoms with E-state index in [1.54, 1.807) is 55.5 Å². The molecule has 1 amide bonds. The van der Waals surface area contributed by atoms with Crippen LogP contribution in [0.4, 0.5) is 0 Å². The highest BCUT2D eigenvalue weighted by molar-refractivity contribution is 5.92. The summed E-state index contributed by atoms with van der Waals surface area (Å²) in [5.41, 5.74) is 1.08. The summed E-state index contributed by atoms with van der Waals surface area (Å²) in [6, 6.07) is 15.5. The Morgan fingerprint density at radius 1 is 1.11 bits per heavy atom. The topological polar surface area (TPSA) is 99.4 Å². The van der Waals surface area contributed by atoms with E-state index in [4.69, 9.17) is 4.74 Å². The van der Waals surface area contributed by atoms with Crippen LogP contribution in [0.3, 0.4) is 0 Å². The number of esters is 1. The zero-order valence-electron chi connectivity index (χ0n) is 15.5. The number of carbonyl (C=O) groups is 2. The lowest BCUT2D eigenvalue weighted by molar-refractivity contribution is -0.125. The Balaban J connectivity index is 1.95. The summed E-state index contributed by atoms with van der Waals surface area (Å²) in [5, 5.41) is 21.1. The Kier molecular flexibility index (Phi) is 6.19. The summed E-state index contributed by atoms with van der Waals surface area (Å²) in [6.07, 6.45) is 0. The molecule has 0 spiro atoms. The molecule has 0 aromatic heterocycles. The fourth-order valence-corrected chi connectivity index (χ4v) is 2.29. The molecule has 6 nitrogen and oxygen atoms in total. The van der Waals surface area contributed by atoms with Gasteiger partial charge in [0.05, 0.1) is 11.6 Å². The molecule has 0 saturated heterocycles. The first-order chi connectivity index (χ1) is 12.7. The highest BCUT2D eigenvalue weighted by atomic mass is 16.5. The molecule has 0 aliphatic rings. The van der Waals surface area contributed by atoms with Crippen molar-refractivity contribution in [2.24, 2.45) is 5.92 Å². The van der Waals surface area contributed by atoms with Crippen molar-refractivity contribution in [1.29, 1.82) is 5.26 Å². The van der Waals surface area contributed by atoms with Crippen molar-refractivity contribution in [1.82, 2.24) is 5.32 Å². The molecule has 6 heteroatoms. The number of amides is 1. The lowest BCUT2D eigenvalue weighted by Crippen LogP contribution is -2.50. The van der Waals surface area contributed by atoms with Crippen molar-refractivity contribution in [3.63, 3.8) is 0 Å². The first kappa shape index (κ1) is 20.0. The van der Waals surface area contributed by atoms with E-state index in [0.29, 0.717) is 5.56 Å². The minimum Gasteiger partial charge on any atom is -0.508 e. The van der Waals surface area contributed by atoms with E-state index < -0.39 is 24.0 Å². The Labute approximate surface area is 158 Å². The minimum absolute atomic E-state index is 0.0883. The third-order valence-corrected chi connectivity index (χ3v) is 4.44. The average Bonchev–Trinajstić information content (AvgIpc) is 2.66. The maximum atomic E-state index is 12.1. The fourth-order valence-electron chi connectivity index (χ4n) is 2.29. The van der Waals surface area contributed by atoms with Crippen molar-refractivity contribution < 1.29 is 19.4 Å². The maximum Gasteiger partial charge on any atom is 0.338 e. The van der Waals surface area contributed by atoms with Gasteiger partial charge in [0.1, 0.15) is 11.3 Å². The average molecular weight is 366 g/mol. The van der Waals surface area contributed by atoms with Gasteiger partial charge in [-0.05, 0) is 48.2 Å². The Bertz CT molecular complexity index is 851. The predicted molar refractivity (Wildman–Crippen MR) is 101 cm³/mol. The second-order valence-electron chi connectivity index (χ2n) is 6.72. The van der Waals surface area contributed by atoms with E-state index in [9.17, 15) is 20.0 Å². The van der Waals surface area contributed by atoms with Gasteiger partial charge in [0, 0.05) is 0 Å². The number of nitrogens with one attached hydrogen (secondary N) is 1. The number of nitriles is 1. The molecule has 1 atom stereocenters. The first-order valence-corrected chi connectivity index (χ1v) is 8.54. The van der Waals surface area contributed by atoms with Gasteiger partial charge in [-0.15, -0.1) is 0 Å². The van der Waals surface area contributed by atoms with Crippen LogP contribution in [0.5, 0.6) is 5.75 Å². The van der Waals surface area contributed by atoms with Crippen LogP contribution in [0.25, 0.3) is 11.1 Å². The normalized spacial score (nSPS) is 12.7. The van der Waals surface area contributed by atoms with E-state index >= 15 is 0 Å². The third-order valence-electron chi connectivity index (χ3n) is 4.44. The number of phenols is 1. The summed E-state index contributed by atoms with van der Waals surface area (Å²) in [7, 11) is 0. The zero-order chi connectivity index (χ0) is 20.0. The third kappa shape index (κ3) is 5.08. The number of nitrogens with zero attached hydrogens (tertiary/aromatic N) is 1. The summed E-state index contributed by atoms with van der Waals surface area (Å²) in [6.45, 7) is 4.82. The monoisotopic (exact) mass is 366 g/mol. The largest absolute Gasteiger partial charge is 0.508 e. The van der Waals surface area contributed by atoms with Gasteiger partial charge in [-0.1, -0.05) is 38.1 Å². The molecule has 0 bridgehead atoms. The number of aromatic hydroxyl groups is 1. The molecule has 140 valence electrons. The molecule has 2 N–H and O–H groups in total. The minimum atomic E-state index is -1.02. The first-order valence-electron chi connectivity index (χ1n) is 8.54. The van der Waals surface area contributed by atoms with Crippen LogP contribution in [0, 0.1) is 17.2 Å². The number of rotatable bonds is 6. The number of carbonyl (C=O) groups excluding carboxylic acids is 2. The molecule has 0 aliphatic carbocycles. The van der Waals surface area contributed by atoms with Crippen LogP contribution in [-0.4, -0.2) is 29.1 Å². The standard InChI is InChI=1S/C21H22N2O4/c1-14(2)21(3,13-22)23-19(25)12-27-20(26)17-6-4-15(5-7-17)16-8-10-18(24)11-9-16/h4-11,14,24H,12H2,1-3H3,(H,23,25). The van der Waals surface area contributed by atoms with Crippen LogP contribution in [-0.2, 0) is 9.53 Å². The second kappa shape index (κ2) is 8.37.